The summed E-state index contributed by atoms with van der Waals surface area (Å²) in [4.78, 5) is 9.12. The van der Waals surface area contributed by atoms with Gasteiger partial charge in [0, 0.05) is 0 Å². The van der Waals surface area contributed by atoms with Gasteiger partial charge in [-0.25, -0.2) is 0 Å². The third-order valence-corrected chi connectivity index (χ3v) is 0.157. The van der Waals surface area contributed by atoms with Gasteiger partial charge in [-0.3, -0.25) is 4.79 Å². The molecule has 3 heteroatoms. The van der Waals surface area contributed by atoms with E-state index in [0.29, 0.717) is 12.5 Å². The number of aldehydes is 1. The van der Waals surface area contributed by atoms with Gasteiger partial charge in [-0.2, -0.15) is 0 Å². The minimum Gasteiger partial charge on any atom is -0.878 e. The zero-order valence-electron chi connectivity index (χ0n) is 3.55. The molecule has 2 nitrogen and oxygen atoms in total. The average Bonchev–Trinajstić information content (AvgIpc) is 1.41. The maximum Gasteiger partial charge on any atom is 1.00 e. The van der Waals surface area contributed by atoms with E-state index in [-0.39, 0.29) is 51.4 Å². The summed E-state index contributed by atoms with van der Waals surface area (Å²) in [5.41, 5.74) is 0. The van der Waals surface area contributed by atoms with E-state index in [1.165, 1.54) is 0 Å². The molecule has 0 N–H and O–H groups in total. The fourth-order valence-corrected chi connectivity index (χ4v) is 0.0321. The van der Waals surface area contributed by atoms with Crippen LogP contribution in [0.2, 0.25) is 0 Å². The molecule has 0 aromatic heterocycles. The first-order chi connectivity index (χ1) is 2.41. The van der Waals surface area contributed by atoms with Crippen molar-refractivity contribution in [3.05, 3.63) is 12.3 Å². The first-order valence-electron chi connectivity index (χ1n) is 1.14. The Bertz CT molecular complexity index is 50.8. The predicted molar refractivity (Wildman–Crippen MR) is 15.2 cm³/mol. The van der Waals surface area contributed by atoms with Crippen molar-refractivity contribution in [2.24, 2.45) is 0 Å². The van der Waals surface area contributed by atoms with Crippen molar-refractivity contribution in [1.82, 2.24) is 0 Å². The molecule has 0 bridgehead atoms. The standard InChI is InChI=1S/C3H4O2.K/c4-2-1-3-5;/h1-4H;/q;+1/p-1/b2-1+;. The molecular formula is C3H3KO2. The van der Waals surface area contributed by atoms with Gasteiger partial charge in [0.05, 0.1) is 0 Å². The van der Waals surface area contributed by atoms with Crippen LogP contribution in [0.1, 0.15) is 0 Å². The zero-order valence-corrected chi connectivity index (χ0v) is 6.67. The Morgan fingerprint density at radius 1 is 1.50 bits per heavy atom. The van der Waals surface area contributed by atoms with Crippen LogP contribution in [0.25, 0.3) is 0 Å². The maximum absolute atomic E-state index is 9.12. The largest absolute Gasteiger partial charge is 1.00 e. The molecule has 0 aromatic carbocycles. The van der Waals surface area contributed by atoms with E-state index in [0.717, 1.165) is 6.08 Å². The summed E-state index contributed by atoms with van der Waals surface area (Å²) in [5.74, 6) is 0. The van der Waals surface area contributed by atoms with E-state index < -0.39 is 0 Å². The summed E-state index contributed by atoms with van der Waals surface area (Å²) in [5, 5.41) is 9.12. The first kappa shape index (κ1) is 9.96. The zero-order chi connectivity index (χ0) is 4.12. The van der Waals surface area contributed by atoms with Crippen LogP contribution in [0.4, 0.5) is 0 Å². The van der Waals surface area contributed by atoms with Crippen molar-refractivity contribution in [2.75, 3.05) is 0 Å². The van der Waals surface area contributed by atoms with Gasteiger partial charge >= 0.3 is 51.4 Å². The molecule has 6 heavy (non-hydrogen) atoms. The second-order valence-electron chi connectivity index (χ2n) is 0.465. The molecule has 0 saturated heterocycles. The van der Waals surface area contributed by atoms with Crippen LogP contribution < -0.4 is 56.5 Å². The van der Waals surface area contributed by atoms with Gasteiger partial charge in [-0.15, -0.1) is 6.26 Å². The monoisotopic (exact) mass is 110 g/mol. The molecule has 0 amide bonds. The Hall–Kier alpha value is 0.846. The van der Waals surface area contributed by atoms with Crippen LogP contribution in [0.3, 0.4) is 0 Å². The van der Waals surface area contributed by atoms with Gasteiger partial charge in [0.1, 0.15) is 6.29 Å². The van der Waals surface area contributed by atoms with E-state index in [2.05, 4.69) is 0 Å². The number of hydrogen-bond acceptors (Lipinski definition) is 2. The molecular weight excluding hydrogens is 107 g/mol. The fourth-order valence-electron chi connectivity index (χ4n) is 0.0321. The first-order valence-corrected chi connectivity index (χ1v) is 1.14. The minimum atomic E-state index is 0. The molecule has 28 valence electrons. The van der Waals surface area contributed by atoms with Crippen LogP contribution in [0.5, 0.6) is 0 Å². The number of rotatable bonds is 1. The van der Waals surface area contributed by atoms with Crippen LogP contribution in [-0.4, -0.2) is 6.29 Å². The van der Waals surface area contributed by atoms with Gasteiger partial charge in [-0.1, -0.05) is 0 Å². The molecule has 0 radical (unpaired) electrons. The van der Waals surface area contributed by atoms with Crippen molar-refractivity contribution >= 4 is 6.29 Å². The van der Waals surface area contributed by atoms with Crippen molar-refractivity contribution in [2.45, 2.75) is 0 Å². The summed E-state index contributed by atoms with van der Waals surface area (Å²) in [7, 11) is 0. The van der Waals surface area contributed by atoms with Crippen molar-refractivity contribution in [3.63, 3.8) is 0 Å². The number of hydrogen-bond donors (Lipinski definition) is 0. The summed E-state index contributed by atoms with van der Waals surface area (Å²) < 4.78 is 0. The van der Waals surface area contributed by atoms with Crippen LogP contribution in [0.15, 0.2) is 12.3 Å². The molecule has 0 rings (SSSR count). The second kappa shape index (κ2) is 9.28. The van der Waals surface area contributed by atoms with Crippen molar-refractivity contribution in [1.29, 1.82) is 0 Å². The van der Waals surface area contributed by atoms with Crippen LogP contribution in [0, 0.1) is 0 Å². The molecule has 0 spiro atoms. The van der Waals surface area contributed by atoms with Crippen molar-refractivity contribution in [3.8, 4) is 0 Å². The normalized spacial score (nSPS) is 7.33. The molecule has 0 aliphatic rings. The van der Waals surface area contributed by atoms with E-state index in [1.807, 2.05) is 0 Å². The maximum atomic E-state index is 9.12. The van der Waals surface area contributed by atoms with Gasteiger partial charge in [0.25, 0.3) is 0 Å². The minimum absolute atomic E-state index is 0. The Kier molecular flexibility index (Phi) is 15.4. The van der Waals surface area contributed by atoms with Gasteiger partial charge in [0.2, 0.25) is 0 Å². The van der Waals surface area contributed by atoms with E-state index >= 15 is 0 Å². The van der Waals surface area contributed by atoms with Gasteiger partial charge in [0.15, 0.2) is 0 Å². The Morgan fingerprint density at radius 2 is 2.00 bits per heavy atom. The van der Waals surface area contributed by atoms with E-state index in [4.69, 9.17) is 9.90 Å². The summed E-state index contributed by atoms with van der Waals surface area (Å²) in [6, 6.07) is 0. The van der Waals surface area contributed by atoms with Crippen LogP contribution in [-0.2, 0) is 4.79 Å². The summed E-state index contributed by atoms with van der Waals surface area (Å²) >= 11 is 0. The van der Waals surface area contributed by atoms with Crippen molar-refractivity contribution < 1.29 is 61.3 Å². The Balaban J connectivity index is 0. The topological polar surface area (TPSA) is 40.1 Å². The third kappa shape index (κ3) is 8.85. The predicted octanol–water partition coefficient (Wildman–Crippen LogP) is -3.94. The van der Waals surface area contributed by atoms with Gasteiger partial charge < -0.3 is 5.11 Å². The SMILES string of the molecule is O=C/C=C/[O-].[K+]. The number of carbonyl (C=O) groups is 1. The Morgan fingerprint density at radius 3 is 2.00 bits per heavy atom. The Labute approximate surface area is 78.7 Å². The second-order valence-corrected chi connectivity index (χ2v) is 0.465. The fraction of sp³-hybridized carbons (Fsp3) is 0. The molecule has 0 aliphatic heterocycles. The molecule has 0 aromatic rings. The summed E-state index contributed by atoms with van der Waals surface area (Å²) in [6.07, 6.45) is 1.76. The number of carbonyl (C=O) groups excluding carboxylic acids is 1. The third-order valence-electron chi connectivity index (χ3n) is 0.157. The molecule has 0 saturated carbocycles. The van der Waals surface area contributed by atoms with E-state index in [9.17, 15) is 0 Å². The van der Waals surface area contributed by atoms with Gasteiger partial charge in [-0.05, 0) is 6.08 Å². The average molecular weight is 110 g/mol. The number of allylic oxidation sites excluding steroid dienone is 1. The quantitative estimate of drug-likeness (QED) is 0.150. The molecule has 0 fully saturated rings. The van der Waals surface area contributed by atoms with Crippen LogP contribution >= 0.6 is 0 Å². The van der Waals surface area contributed by atoms with E-state index in [1.54, 1.807) is 0 Å². The molecule has 0 aliphatic carbocycles. The molecule has 0 unspecified atom stereocenters. The molecule has 0 atom stereocenters. The smallest absolute Gasteiger partial charge is 0.878 e. The molecule has 0 heterocycles. The summed E-state index contributed by atoms with van der Waals surface area (Å²) in [6.45, 7) is 0.